The molecule has 128 valence electrons. The van der Waals surface area contributed by atoms with Crippen LogP contribution in [0.15, 0.2) is 43.0 Å². The summed E-state index contributed by atoms with van der Waals surface area (Å²) >= 11 is 0. The molecule has 24 heavy (non-hydrogen) atoms. The molecule has 0 bridgehead atoms. The molecule has 0 spiro atoms. The fourth-order valence-corrected chi connectivity index (χ4v) is 2.73. The van der Waals surface area contributed by atoms with Crippen LogP contribution in [0.4, 0.5) is 0 Å². The molecule has 2 heterocycles. The number of rotatable bonds is 7. The molecule has 1 aromatic carbocycles. The van der Waals surface area contributed by atoms with Gasteiger partial charge in [-0.3, -0.25) is 4.79 Å². The molecule has 0 radical (unpaired) electrons. The van der Waals surface area contributed by atoms with Gasteiger partial charge in [-0.1, -0.05) is 0 Å². The van der Waals surface area contributed by atoms with E-state index in [1.165, 1.54) is 0 Å². The molecular weight excluding hydrogens is 306 g/mol. The lowest BCUT2D eigenvalue weighted by molar-refractivity contribution is 0.0679. The largest absolute Gasteiger partial charge is 0.491 e. The molecule has 1 amide bonds. The van der Waals surface area contributed by atoms with Crippen molar-refractivity contribution in [3.05, 3.63) is 48.5 Å². The Hall–Kier alpha value is -2.34. The fourth-order valence-electron chi connectivity index (χ4n) is 2.73. The minimum Gasteiger partial charge on any atom is -0.491 e. The Morgan fingerprint density at radius 2 is 2.29 bits per heavy atom. The van der Waals surface area contributed by atoms with Gasteiger partial charge in [-0.05, 0) is 44.0 Å². The summed E-state index contributed by atoms with van der Waals surface area (Å²) in [5, 5.41) is 2.98. The summed E-state index contributed by atoms with van der Waals surface area (Å²) < 4.78 is 13.2. The van der Waals surface area contributed by atoms with Gasteiger partial charge in [0.1, 0.15) is 12.4 Å². The summed E-state index contributed by atoms with van der Waals surface area (Å²) in [5.41, 5.74) is 0.622. The molecule has 6 nitrogen and oxygen atoms in total. The maximum Gasteiger partial charge on any atom is 0.251 e. The molecule has 1 saturated heterocycles. The number of hydrogen-bond acceptors (Lipinski definition) is 4. The van der Waals surface area contributed by atoms with E-state index >= 15 is 0 Å². The van der Waals surface area contributed by atoms with Gasteiger partial charge in [-0.2, -0.15) is 0 Å². The third-order valence-electron chi connectivity index (χ3n) is 4.00. The van der Waals surface area contributed by atoms with Crippen LogP contribution in [0.3, 0.4) is 0 Å². The molecule has 1 aliphatic rings. The zero-order valence-corrected chi connectivity index (χ0v) is 13.9. The Balaban J connectivity index is 1.47. The predicted octanol–water partition coefficient (Wildman–Crippen LogP) is 2.26. The first-order valence-corrected chi connectivity index (χ1v) is 8.32. The number of benzene rings is 1. The van der Waals surface area contributed by atoms with Gasteiger partial charge < -0.3 is 19.4 Å². The molecule has 2 unspecified atom stereocenters. The Morgan fingerprint density at radius 1 is 1.46 bits per heavy atom. The van der Waals surface area contributed by atoms with E-state index < -0.39 is 0 Å². The van der Waals surface area contributed by atoms with Crippen molar-refractivity contribution < 1.29 is 14.3 Å². The average Bonchev–Trinajstić information content (AvgIpc) is 3.27. The molecule has 1 fully saturated rings. The minimum absolute atomic E-state index is 0.0159. The highest BCUT2D eigenvalue weighted by molar-refractivity contribution is 5.94. The van der Waals surface area contributed by atoms with Crippen molar-refractivity contribution in [3.63, 3.8) is 0 Å². The highest BCUT2D eigenvalue weighted by atomic mass is 16.5. The highest BCUT2D eigenvalue weighted by Gasteiger charge is 2.16. The van der Waals surface area contributed by atoms with Crippen molar-refractivity contribution in [2.75, 3.05) is 13.2 Å². The Bertz CT molecular complexity index is 634. The van der Waals surface area contributed by atoms with Crippen molar-refractivity contribution >= 4 is 5.91 Å². The number of hydrogen-bond donors (Lipinski definition) is 1. The lowest BCUT2D eigenvalue weighted by Crippen LogP contribution is -2.35. The summed E-state index contributed by atoms with van der Waals surface area (Å²) in [6.07, 6.45) is 7.69. The first-order chi connectivity index (χ1) is 11.7. The number of nitrogens with one attached hydrogen (secondary N) is 1. The summed E-state index contributed by atoms with van der Waals surface area (Å²) in [6, 6.07) is 7.23. The summed E-state index contributed by atoms with van der Waals surface area (Å²) in [6.45, 7) is 4.04. The second-order valence-corrected chi connectivity index (χ2v) is 6.10. The molecule has 2 atom stereocenters. The van der Waals surface area contributed by atoms with E-state index in [4.69, 9.17) is 9.47 Å². The third kappa shape index (κ3) is 4.58. The Morgan fingerprint density at radius 3 is 2.96 bits per heavy atom. The number of imidazole rings is 1. The Kier molecular flexibility index (Phi) is 5.48. The van der Waals surface area contributed by atoms with Gasteiger partial charge in [0.05, 0.1) is 12.4 Å². The molecular formula is C18H23N3O3. The lowest BCUT2D eigenvalue weighted by atomic mass is 10.2. The fraction of sp³-hybridized carbons (Fsp3) is 0.444. The normalized spacial score (nSPS) is 18.3. The van der Waals surface area contributed by atoms with Crippen LogP contribution in [0.5, 0.6) is 5.75 Å². The van der Waals surface area contributed by atoms with Gasteiger partial charge in [0, 0.05) is 37.2 Å². The van der Waals surface area contributed by atoms with Crippen LogP contribution in [-0.4, -0.2) is 40.8 Å². The maximum atomic E-state index is 12.3. The Labute approximate surface area is 141 Å². The number of carbonyl (C=O) groups is 1. The number of carbonyl (C=O) groups excluding carboxylic acids is 1. The molecule has 0 saturated carbocycles. The van der Waals surface area contributed by atoms with Gasteiger partial charge >= 0.3 is 0 Å². The molecule has 1 aromatic heterocycles. The van der Waals surface area contributed by atoms with Crippen molar-refractivity contribution in [2.45, 2.75) is 38.5 Å². The molecule has 1 N–H and O–H groups in total. The minimum atomic E-state index is -0.0895. The quantitative estimate of drug-likeness (QED) is 0.846. The standard InChI is InChI=1S/C18H23N3O3/c1-14(11-21-9-8-19-13-21)20-18(22)15-4-6-16(7-5-15)24-12-17-3-2-10-23-17/h4-9,13-14,17H,2-3,10-12H2,1H3,(H,20,22). The van der Waals surface area contributed by atoms with Crippen molar-refractivity contribution in [3.8, 4) is 5.75 Å². The number of ether oxygens (including phenoxy) is 2. The number of amides is 1. The van der Waals surface area contributed by atoms with E-state index in [9.17, 15) is 4.79 Å². The molecule has 2 aromatic rings. The molecule has 3 rings (SSSR count). The first kappa shape index (κ1) is 16.5. The smallest absolute Gasteiger partial charge is 0.251 e. The highest BCUT2D eigenvalue weighted by Crippen LogP contribution is 2.16. The van der Waals surface area contributed by atoms with Crippen LogP contribution >= 0.6 is 0 Å². The SMILES string of the molecule is CC(Cn1ccnc1)NC(=O)c1ccc(OCC2CCCO2)cc1. The van der Waals surface area contributed by atoms with E-state index in [0.717, 1.165) is 25.2 Å². The summed E-state index contributed by atoms with van der Waals surface area (Å²) in [5.74, 6) is 0.668. The predicted molar refractivity (Wildman–Crippen MR) is 90.1 cm³/mol. The van der Waals surface area contributed by atoms with Crippen LogP contribution < -0.4 is 10.1 Å². The van der Waals surface area contributed by atoms with Gasteiger partial charge in [0.15, 0.2) is 0 Å². The van der Waals surface area contributed by atoms with Crippen molar-refractivity contribution in [1.29, 1.82) is 0 Å². The topological polar surface area (TPSA) is 65.4 Å². The average molecular weight is 329 g/mol. The van der Waals surface area contributed by atoms with Crippen LogP contribution in [-0.2, 0) is 11.3 Å². The number of nitrogens with zero attached hydrogens (tertiary/aromatic N) is 2. The maximum absolute atomic E-state index is 12.3. The van der Waals surface area contributed by atoms with E-state index in [-0.39, 0.29) is 18.1 Å². The van der Waals surface area contributed by atoms with Gasteiger partial charge in [0.2, 0.25) is 0 Å². The van der Waals surface area contributed by atoms with Crippen LogP contribution in [0.25, 0.3) is 0 Å². The van der Waals surface area contributed by atoms with Crippen LogP contribution in [0.2, 0.25) is 0 Å². The number of aromatic nitrogens is 2. The van der Waals surface area contributed by atoms with E-state index in [1.54, 1.807) is 24.7 Å². The summed E-state index contributed by atoms with van der Waals surface area (Å²) in [7, 11) is 0. The zero-order valence-electron chi connectivity index (χ0n) is 13.9. The van der Waals surface area contributed by atoms with Gasteiger partial charge in [-0.25, -0.2) is 4.98 Å². The van der Waals surface area contributed by atoms with Crippen molar-refractivity contribution in [2.24, 2.45) is 0 Å². The molecule has 0 aliphatic carbocycles. The van der Waals surface area contributed by atoms with E-state index in [2.05, 4.69) is 10.3 Å². The van der Waals surface area contributed by atoms with E-state index in [1.807, 2.05) is 29.8 Å². The van der Waals surface area contributed by atoms with Crippen molar-refractivity contribution in [1.82, 2.24) is 14.9 Å². The first-order valence-electron chi connectivity index (χ1n) is 8.32. The summed E-state index contributed by atoms with van der Waals surface area (Å²) in [4.78, 5) is 16.3. The van der Waals surface area contributed by atoms with Gasteiger partial charge in [-0.15, -0.1) is 0 Å². The zero-order chi connectivity index (χ0) is 16.8. The molecule has 1 aliphatic heterocycles. The van der Waals surface area contributed by atoms with Gasteiger partial charge in [0.25, 0.3) is 5.91 Å². The van der Waals surface area contributed by atoms with Crippen LogP contribution in [0.1, 0.15) is 30.1 Å². The van der Waals surface area contributed by atoms with E-state index in [0.29, 0.717) is 18.7 Å². The second kappa shape index (κ2) is 7.97. The third-order valence-corrected chi connectivity index (χ3v) is 4.00. The second-order valence-electron chi connectivity index (χ2n) is 6.10. The monoisotopic (exact) mass is 329 g/mol. The lowest BCUT2D eigenvalue weighted by Gasteiger charge is -2.15. The van der Waals surface area contributed by atoms with Crippen LogP contribution in [0, 0.1) is 0 Å². The molecule has 6 heteroatoms.